The first-order valence-electron chi connectivity index (χ1n) is 3.96. The number of nitro groups is 1. The molecule has 4 nitrogen and oxygen atoms in total. The van der Waals surface area contributed by atoms with Gasteiger partial charge in [-0.1, -0.05) is 24.3 Å². The van der Waals surface area contributed by atoms with Crippen molar-refractivity contribution < 1.29 is 9.72 Å². The zero-order valence-electron chi connectivity index (χ0n) is 6.77. The Morgan fingerprint density at radius 1 is 1.38 bits per heavy atom. The lowest BCUT2D eigenvalue weighted by Gasteiger charge is -1.95. The summed E-state index contributed by atoms with van der Waals surface area (Å²) in [5, 5.41) is 10.5. The molecule has 1 aliphatic rings. The molecule has 66 valence electrons. The topological polar surface area (TPSA) is 60.2 Å². The summed E-state index contributed by atoms with van der Waals surface area (Å²) in [7, 11) is 0. The highest BCUT2D eigenvalue weighted by molar-refractivity contribution is 6.03. The van der Waals surface area contributed by atoms with E-state index in [0.717, 1.165) is 5.56 Å². The van der Waals surface area contributed by atoms with Gasteiger partial charge in [0.25, 0.3) is 6.04 Å². The molecule has 1 aromatic carbocycles. The standard InChI is InChI=1S/C9H7NO3/c11-9-7-4-2-1-3-6(7)5-8(9)10(12)13/h1-4,8H,5H2. The molecule has 2 rings (SSSR count). The molecule has 0 radical (unpaired) electrons. The predicted octanol–water partition coefficient (Wildman–Crippen LogP) is 1.07. The van der Waals surface area contributed by atoms with Crippen molar-refractivity contribution in [3.63, 3.8) is 0 Å². The number of Topliss-reactive ketones (excluding diaryl/α,β-unsaturated/α-hetero) is 1. The summed E-state index contributed by atoms with van der Waals surface area (Å²) in [5.41, 5.74) is 1.29. The van der Waals surface area contributed by atoms with E-state index in [1.54, 1.807) is 24.3 Å². The number of ketones is 1. The maximum atomic E-state index is 11.4. The van der Waals surface area contributed by atoms with E-state index in [-0.39, 0.29) is 12.2 Å². The molecule has 0 spiro atoms. The molecule has 4 heteroatoms. The normalized spacial score (nSPS) is 20.0. The van der Waals surface area contributed by atoms with Crippen LogP contribution in [0, 0.1) is 10.1 Å². The van der Waals surface area contributed by atoms with Crippen LogP contribution in [0.5, 0.6) is 0 Å². The van der Waals surface area contributed by atoms with Crippen molar-refractivity contribution in [3.8, 4) is 0 Å². The van der Waals surface area contributed by atoms with Gasteiger partial charge in [0.1, 0.15) is 0 Å². The number of rotatable bonds is 1. The Balaban J connectivity index is 2.44. The summed E-state index contributed by atoms with van der Waals surface area (Å²) in [6, 6.07) is 5.85. The monoisotopic (exact) mass is 177 g/mol. The predicted molar refractivity (Wildman–Crippen MR) is 45.3 cm³/mol. The van der Waals surface area contributed by atoms with Crippen molar-refractivity contribution in [2.24, 2.45) is 0 Å². The number of benzene rings is 1. The van der Waals surface area contributed by atoms with Crippen molar-refractivity contribution in [3.05, 3.63) is 45.5 Å². The van der Waals surface area contributed by atoms with Crippen LogP contribution in [-0.2, 0) is 6.42 Å². The number of carbonyl (C=O) groups excluding carboxylic acids is 1. The molecule has 13 heavy (non-hydrogen) atoms. The van der Waals surface area contributed by atoms with Gasteiger partial charge in [0, 0.05) is 16.9 Å². The van der Waals surface area contributed by atoms with Gasteiger partial charge < -0.3 is 0 Å². The summed E-state index contributed by atoms with van der Waals surface area (Å²) in [6.45, 7) is 0. The molecule has 1 unspecified atom stereocenters. The van der Waals surface area contributed by atoms with Gasteiger partial charge in [0.15, 0.2) is 0 Å². The Morgan fingerprint density at radius 3 is 2.69 bits per heavy atom. The molecule has 1 atom stereocenters. The van der Waals surface area contributed by atoms with Crippen molar-refractivity contribution in [1.29, 1.82) is 0 Å². The van der Waals surface area contributed by atoms with Crippen molar-refractivity contribution in [2.75, 3.05) is 0 Å². The highest BCUT2D eigenvalue weighted by Crippen LogP contribution is 2.23. The summed E-state index contributed by atoms with van der Waals surface area (Å²) >= 11 is 0. The van der Waals surface area contributed by atoms with E-state index in [9.17, 15) is 14.9 Å². The molecular formula is C9H7NO3. The summed E-state index contributed by atoms with van der Waals surface area (Å²) in [6.07, 6.45) is 0.238. The summed E-state index contributed by atoms with van der Waals surface area (Å²) in [4.78, 5) is 21.4. The average Bonchev–Trinajstić information content (AvgIpc) is 2.45. The van der Waals surface area contributed by atoms with Gasteiger partial charge in [0.05, 0.1) is 0 Å². The molecule has 0 amide bonds. The first kappa shape index (κ1) is 7.91. The van der Waals surface area contributed by atoms with Gasteiger partial charge in [-0.15, -0.1) is 0 Å². The SMILES string of the molecule is O=C1c2ccccc2CC1[N+](=O)[O-]. The second-order valence-corrected chi connectivity index (χ2v) is 3.03. The molecule has 1 aromatic rings. The largest absolute Gasteiger partial charge is 0.286 e. The van der Waals surface area contributed by atoms with Crippen LogP contribution in [0.1, 0.15) is 15.9 Å². The number of nitrogens with zero attached hydrogens (tertiary/aromatic N) is 1. The van der Waals surface area contributed by atoms with Gasteiger partial charge in [-0.05, 0) is 5.56 Å². The van der Waals surface area contributed by atoms with Crippen LogP contribution in [0.4, 0.5) is 0 Å². The fourth-order valence-electron chi connectivity index (χ4n) is 1.59. The third-order valence-corrected chi connectivity index (χ3v) is 2.25. The molecule has 0 fully saturated rings. The van der Waals surface area contributed by atoms with Gasteiger partial charge in [-0.25, -0.2) is 0 Å². The van der Waals surface area contributed by atoms with Crippen LogP contribution in [0.15, 0.2) is 24.3 Å². The lowest BCUT2D eigenvalue weighted by Crippen LogP contribution is -2.25. The van der Waals surface area contributed by atoms with E-state index >= 15 is 0 Å². The molecule has 0 saturated carbocycles. The minimum Gasteiger partial charge on any atom is -0.286 e. The zero-order chi connectivity index (χ0) is 9.42. The lowest BCUT2D eigenvalue weighted by molar-refractivity contribution is -0.503. The maximum absolute atomic E-state index is 11.4. The van der Waals surface area contributed by atoms with Crippen molar-refractivity contribution >= 4 is 5.78 Å². The van der Waals surface area contributed by atoms with Crippen LogP contribution in [-0.4, -0.2) is 16.7 Å². The maximum Gasteiger partial charge on any atom is 0.278 e. The number of hydrogen-bond donors (Lipinski definition) is 0. The van der Waals surface area contributed by atoms with E-state index in [1.807, 2.05) is 0 Å². The zero-order valence-corrected chi connectivity index (χ0v) is 6.77. The molecule has 0 aliphatic heterocycles. The fourth-order valence-corrected chi connectivity index (χ4v) is 1.59. The number of fused-ring (bicyclic) bond motifs is 1. The Morgan fingerprint density at radius 2 is 2.08 bits per heavy atom. The van der Waals surface area contributed by atoms with Crippen LogP contribution in [0.2, 0.25) is 0 Å². The quantitative estimate of drug-likeness (QED) is 0.476. The van der Waals surface area contributed by atoms with E-state index in [1.165, 1.54) is 0 Å². The lowest BCUT2D eigenvalue weighted by atomic mass is 10.1. The smallest absolute Gasteiger partial charge is 0.278 e. The fraction of sp³-hybridized carbons (Fsp3) is 0.222. The van der Waals surface area contributed by atoms with Gasteiger partial charge in [-0.2, -0.15) is 0 Å². The highest BCUT2D eigenvalue weighted by atomic mass is 16.6. The number of hydrogen-bond acceptors (Lipinski definition) is 3. The van der Waals surface area contributed by atoms with Gasteiger partial charge in [-0.3, -0.25) is 14.9 Å². The minimum atomic E-state index is -1.06. The van der Waals surface area contributed by atoms with Crippen molar-refractivity contribution in [1.82, 2.24) is 0 Å². The molecular weight excluding hydrogens is 170 g/mol. The van der Waals surface area contributed by atoms with E-state index in [0.29, 0.717) is 5.56 Å². The third-order valence-electron chi connectivity index (χ3n) is 2.25. The Hall–Kier alpha value is -1.71. The molecule has 0 heterocycles. The average molecular weight is 177 g/mol. The van der Waals surface area contributed by atoms with Gasteiger partial charge >= 0.3 is 0 Å². The minimum absolute atomic E-state index is 0.238. The Bertz CT molecular complexity index is 386. The van der Waals surface area contributed by atoms with Crippen LogP contribution < -0.4 is 0 Å². The first-order chi connectivity index (χ1) is 6.20. The Kier molecular flexibility index (Phi) is 1.62. The first-order valence-corrected chi connectivity index (χ1v) is 3.96. The van der Waals surface area contributed by atoms with E-state index < -0.39 is 11.0 Å². The second kappa shape index (κ2) is 2.65. The summed E-state index contributed by atoms with van der Waals surface area (Å²) in [5.74, 6) is -0.361. The van der Waals surface area contributed by atoms with Crippen LogP contribution in [0.25, 0.3) is 0 Å². The third kappa shape index (κ3) is 1.11. The highest BCUT2D eigenvalue weighted by Gasteiger charge is 2.38. The molecule has 0 N–H and O–H groups in total. The number of carbonyl (C=O) groups is 1. The summed E-state index contributed by atoms with van der Waals surface area (Å²) < 4.78 is 0. The molecule has 0 saturated heterocycles. The van der Waals surface area contributed by atoms with Crippen molar-refractivity contribution in [2.45, 2.75) is 12.5 Å². The molecule has 1 aliphatic carbocycles. The second-order valence-electron chi connectivity index (χ2n) is 3.03. The van der Waals surface area contributed by atoms with Gasteiger partial charge in [0.2, 0.25) is 5.78 Å². The Labute approximate surface area is 74.3 Å². The van der Waals surface area contributed by atoms with E-state index in [2.05, 4.69) is 0 Å². The van der Waals surface area contributed by atoms with E-state index in [4.69, 9.17) is 0 Å². The van der Waals surface area contributed by atoms with Crippen LogP contribution in [0.3, 0.4) is 0 Å². The van der Waals surface area contributed by atoms with Crippen LogP contribution >= 0.6 is 0 Å². The molecule has 0 bridgehead atoms. The molecule has 0 aromatic heterocycles.